The van der Waals surface area contributed by atoms with Gasteiger partial charge in [-0.25, -0.2) is 0 Å². The highest BCUT2D eigenvalue weighted by Gasteiger charge is 2.42. The van der Waals surface area contributed by atoms with Crippen molar-refractivity contribution in [1.82, 2.24) is 0 Å². The molecule has 5 heteroatoms. The van der Waals surface area contributed by atoms with Crippen LogP contribution in [0.15, 0.2) is 0 Å². The minimum absolute atomic E-state index is 0.321. The fraction of sp³-hybridized carbons (Fsp3) is 1.00. The Morgan fingerprint density at radius 1 is 1.45 bits per heavy atom. The number of rotatable bonds is 2. The third kappa shape index (κ3) is 1.52. The Morgan fingerprint density at radius 2 is 2.09 bits per heavy atom. The Morgan fingerprint density at radius 3 is 2.36 bits per heavy atom. The monoisotopic (exact) mass is 164 g/mol. The molecular weight excluding hydrogens is 152 g/mol. The van der Waals surface area contributed by atoms with E-state index in [9.17, 15) is 5.11 Å². The van der Waals surface area contributed by atoms with Crippen molar-refractivity contribution in [2.75, 3.05) is 13.7 Å². The van der Waals surface area contributed by atoms with Crippen LogP contribution in [-0.4, -0.2) is 53.6 Å². The second-order valence-corrected chi connectivity index (χ2v) is 2.44. The van der Waals surface area contributed by atoms with E-state index in [-0.39, 0.29) is 6.61 Å². The van der Waals surface area contributed by atoms with Crippen LogP contribution in [0.4, 0.5) is 0 Å². The third-order valence-electron chi connectivity index (χ3n) is 1.76. The lowest BCUT2D eigenvalue weighted by Crippen LogP contribution is -2.35. The molecule has 0 radical (unpaired) electrons. The van der Waals surface area contributed by atoms with Gasteiger partial charge in [0.2, 0.25) is 0 Å². The molecule has 0 bridgehead atoms. The highest BCUT2D eigenvalue weighted by molar-refractivity contribution is 4.86. The Bertz CT molecular complexity index is 128. The molecule has 4 atom stereocenters. The van der Waals surface area contributed by atoms with Crippen LogP contribution in [0.1, 0.15) is 0 Å². The van der Waals surface area contributed by atoms with E-state index >= 15 is 0 Å². The van der Waals surface area contributed by atoms with E-state index in [1.54, 1.807) is 0 Å². The zero-order valence-corrected chi connectivity index (χ0v) is 6.17. The molecule has 0 aromatic heterocycles. The number of aliphatic hydroxyl groups is 3. The zero-order valence-electron chi connectivity index (χ0n) is 6.17. The predicted octanol–water partition coefficient (Wildman–Crippen LogP) is -1.93. The van der Waals surface area contributed by atoms with Crippen molar-refractivity contribution in [2.45, 2.75) is 24.6 Å². The number of methoxy groups -OCH3 is 1. The molecule has 0 aromatic carbocycles. The van der Waals surface area contributed by atoms with Crippen LogP contribution < -0.4 is 0 Å². The molecule has 11 heavy (non-hydrogen) atoms. The lowest BCUT2D eigenvalue weighted by molar-refractivity contribution is -0.139. The van der Waals surface area contributed by atoms with Gasteiger partial charge in [-0.1, -0.05) is 0 Å². The van der Waals surface area contributed by atoms with Gasteiger partial charge in [0, 0.05) is 7.11 Å². The Hall–Kier alpha value is -0.200. The molecule has 0 aliphatic carbocycles. The van der Waals surface area contributed by atoms with Crippen LogP contribution >= 0.6 is 0 Å². The van der Waals surface area contributed by atoms with Crippen molar-refractivity contribution < 1.29 is 24.8 Å². The maximum absolute atomic E-state index is 9.25. The molecule has 0 spiro atoms. The van der Waals surface area contributed by atoms with E-state index in [0.717, 1.165) is 0 Å². The lowest BCUT2D eigenvalue weighted by Gasteiger charge is -2.14. The number of ether oxygens (including phenoxy) is 2. The first-order valence-corrected chi connectivity index (χ1v) is 3.36. The van der Waals surface area contributed by atoms with Crippen molar-refractivity contribution in [1.29, 1.82) is 0 Å². The molecule has 1 aliphatic heterocycles. The number of aliphatic hydroxyl groups excluding tert-OH is 3. The lowest BCUT2D eigenvalue weighted by atomic mass is 10.1. The van der Waals surface area contributed by atoms with Crippen molar-refractivity contribution >= 4 is 0 Å². The topological polar surface area (TPSA) is 79.2 Å². The average molecular weight is 164 g/mol. The van der Waals surface area contributed by atoms with Gasteiger partial charge in [0.1, 0.15) is 18.3 Å². The van der Waals surface area contributed by atoms with Gasteiger partial charge in [-0.3, -0.25) is 0 Å². The molecule has 66 valence electrons. The Labute approximate surface area is 64.2 Å². The number of hydrogen-bond acceptors (Lipinski definition) is 5. The molecule has 1 saturated heterocycles. The van der Waals surface area contributed by atoms with Crippen LogP contribution in [0.5, 0.6) is 0 Å². The molecule has 3 N–H and O–H groups in total. The van der Waals surface area contributed by atoms with Crippen LogP contribution in [-0.2, 0) is 9.47 Å². The predicted molar refractivity (Wildman–Crippen MR) is 34.8 cm³/mol. The van der Waals surface area contributed by atoms with Crippen LogP contribution in [0.3, 0.4) is 0 Å². The van der Waals surface area contributed by atoms with E-state index in [0.29, 0.717) is 0 Å². The smallest absolute Gasteiger partial charge is 0.184 e. The molecule has 1 aliphatic rings. The molecule has 1 fully saturated rings. The van der Waals surface area contributed by atoms with Crippen molar-refractivity contribution in [3.63, 3.8) is 0 Å². The maximum Gasteiger partial charge on any atom is 0.184 e. The van der Waals surface area contributed by atoms with Crippen molar-refractivity contribution in [3.8, 4) is 0 Å². The molecule has 5 nitrogen and oxygen atoms in total. The quantitative estimate of drug-likeness (QED) is 0.443. The highest BCUT2D eigenvalue weighted by atomic mass is 16.7. The molecular formula is C6H12O5. The second-order valence-electron chi connectivity index (χ2n) is 2.44. The maximum atomic E-state index is 9.25. The summed E-state index contributed by atoms with van der Waals surface area (Å²) in [5, 5.41) is 26.9. The van der Waals surface area contributed by atoms with Crippen molar-refractivity contribution in [3.05, 3.63) is 0 Å². The molecule has 1 rings (SSSR count). The molecule has 1 heterocycles. The summed E-state index contributed by atoms with van der Waals surface area (Å²) in [6, 6.07) is 0. The summed E-state index contributed by atoms with van der Waals surface area (Å²) in [5.41, 5.74) is 0. The van der Waals surface area contributed by atoms with E-state index < -0.39 is 24.6 Å². The largest absolute Gasteiger partial charge is 0.394 e. The van der Waals surface area contributed by atoms with Crippen LogP contribution in [0.25, 0.3) is 0 Å². The first-order valence-electron chi connectivity index (χ1n) is 3.36. The molecule has 0 amide bonds. The van der Waals surface area contributed by atoms with E-state index in [1.165, 1.54) is 7.11 Å². The van der Waals surface area contributed by atoms with Gasteiger partial charge >= 0.3 is 0 Å². The minimum atomic E-state index is -1.15. The SMILES string of the molecule is CO[C@@H]1C(O)O[C@H](CO)[C@H]1O. The van der Waals surface area contributed by atoms with Gasteiger partial charge in [0.25, 0.3) is 0 Å². The fourth-order valence-electron chi connectivity index (χ4n) is 1.12. The van der Waals surface area contributed by atoms with E-state index in [2.05, 4.69) is 0 Å². The Kier molecular flexibility index (Phi) is 2.80. The zero-order chi connectivity index (χ0) is 8.43. The average Bonchev–Trinajstić information content (AvgIpc) is 2.26. The fourth-order valence-corrected chi connectivity index (χ4v) is 1.12. The third-order valence-corrected chi connectivity index (χ3v) is 1.76. The summed E-state index contributed by atoms with van der Waals surface area (Å²) in [6.07, 6.45) is -3.60. The second kappa shape index (κ2) is 3.46. The van der Waals surface area contributed by atoms with Gasteiger partial charge in [-0.15, -0.1) is 0 Å². The first-order chi connectivity index (χ1) is 5.20. The summed E-state index contributed by atoms with van der Waals surface area (Å²) in [5.74, 6) is 0. The standard InChI is InChI=1S/C6H12O5/c1-10-5-4(8)3(2-7)11-6(5)9/h3-9H,2H2,1H3/t3-,4-,5+,6?/m1/s1. The summed E-state index contributed by atoms with van der Waals surface area (Å²) in [7, 11) is 1.36. The summed E-state index contributed by atoms with van der Waals surface area (Å²) in [6.45, 7) is -0.321. The Balaban J connectivity index is 2.55. The summed E-state index contributed by atoms with van der Waals surface area (Å²) >= 11 is 0. The minimum Gasteiger partial charge on any atom is -0.394 e. The summed E-state index contributed by atoms with van der Waals surface area (Å²) in [4.78, 5) is 0. The molecule has 0 aromatic rings. The molecule has 1 unspecified atom stereocenters. The highest BCUT2D eigenvalue weighted by Crippen LogP contribution is 2.21. The van der Waals surface area contributed by atoms with Gasteiger partial charge in [0.05, 0.1) is 6.61 Å². The van der Waals surface area contributed by atoms with Crippen molar-refractivity contribution in [2.24, 2.45) is 0 Å². The van der Waals surface area contributed by atoms with Gasteiger partial charge in [-0.05, 0) is 0 Å². The van der Waals surface area contributed by atoms with E-state index in [4.69, 9.17) is 19.7 Å². The number of hydrogen-bond donors (Lipinski definition) is 3. The van der Waals surface area contributed by atoms with Gasteiger partial charge in [0.15, 0.2) is 6.29 Å². The van der Waals surface area contributed by atoms with Gasteiger partial charge in [-0.2, -0.15) is 0 Å². The van der Waals surface area contributed by atoms with Crippen LogP contribution in [0.2, 0.25) is 0 Å². The van der Waals surface area contributed by atoms with Crippen LogP contribution in [0, 0.1) is 0 Å². The molecule has 0 saturated carbocycles. The summed E-state index contributed by atoms with van der Waals surface area (Å²) < 4.78 is 9.49. The van der Waals surface area contributed by atoms with E-state index in [1.807, 2.05) is 0 Å². The normalized spacial score (nSPS) is 44.7. The van der Waals surface area contributed by atoms with Gasteiger partial charge < -0.3 is 24.8 Å². The first kappa shape index (κ1) is 8.89.